The molecule has 23 heavy (non-hydrogen) atoms. The average Bonchev–Trinajstić information content (AvgIpc) is 2.40. The molecule has 0 atom stereocenters. The van der Waals surface area contributed by atoms with Gasteiger partial charge < -0.3 is 16.2 Å². The molecule has 0 aliphatic heterocycles. The Kier molecular flexibility index (Phi) is 6.37. The topological polar surface area (TPSA) is 90.7 Å². The number of anilines is 1. The molecule has 0 amide bonds. The Balaban J connectivity index is 2.83. The lowest BCUT2D eigenvalue weighted by molar-refractivity contribution is -0.153. The summed E-state index contributed by atoms with van der Waals surface area (Å²) in [5.41, 5.74) is 14.9. The summed E-state index contributed by atoms with van der Waals surface area (Å²) in [6.45, 7) is 9.61. The Morgan fingerprint density at radius 3 is 2.43 bits per heavy atom. The molecule has 0 radical (unpaired) electrons. The minimum atomic E-state index is -0.517. The lowest BCUT2D eigenvalue weighted by atomic mass is 10.1. The van der Waals surface area contributed by atoms with E-state index in [-0.39, 0.29) is 12.4 Å². The van der Waals surface area contributed by atoms with E-state index in [4.69, 9.17) is 16.2 Å². The number of carbonyl (C=O) groups is 1. The highest BCUT2D eigenvalue weighted by atomic mass is 16.6. The van der Waals surface area contributed by atoms with E-state index in [9.17, 15) is 4.79 Å². The van der Waals surface area contributed by atoms with Crippen LogP contribution in [0.15, 0.2) is 40.5 Å². The second-order valence-corrected chi connectivity index (χ2v) is 6.57. The van der Waals surface area contributed by atoms with Crippen LogP contribution in [0.5, 0.6) is 0 Å². The van der Waals surface area contributed by atoms with Crippen LogP contribution in [0.25, 0.3) is 0 Å². The third-order valence-electron chi connectivity index (χ3n) is 3.10. The van der Waals surface area contributed by atoms with E-state index in [0.717, 1.165) is 11.3 Å². The Morgan fingerprint density at radius 2 is 1.91 bits per heavy atom. The van der Waals surface area contributed by atoms with E-state index in [1.807, 2.05) is 52.0 Å². The number of hydrogen-bond acceptors (Lipinski definition) is 5. The number of rotatable bonds is 5. The van der Waals surface area contributed by atoms with Crippen molar-refractivity contribution in [1.29, 1.82) is 0 Å². The third-order valence-corrected chi connectivity index (χ3v) is 3.10. The van der Waals surface area contributed by atoms with Crippen molar-refractivity contribution in [2.75, 3.05) is 5.73 Å². The average molecular weight is 317 g/mol. The molecule has 0 saturated carbocycles. The number of nitrogen functional groups attached to an aromatic ring is 1. The van der Waals surface area contributed by atoms with Crippen LogP contribution in [0.1, 0.15) is 46.6 Å². The van der Waals surface area contributed by atoms with Crippen LogP contribution in [-0.2, 0) is 16.1 Å². The number of benzene rings is 1. The van der Waals surface area contributed by atoms with Crippen LogP contribution < -0.4 is 11.5 Å². The number of hydrogen-bond donors (Lipinski definition) is 2. The molecule has 0 unspecified atom stereocenters. The first-order valence-corrected chi connectivity index (χ1v) is 7.61. The molecule has 0 spiro atoms. The van der Waals surface area contributed by atoms with E-state index in [1.165, 1.54) is 0 Å². The number of esters is 1. The van der Waals surface area contributed by atoms with Gasteiger partial charge in [0.25, 0.3) is 0 Å². The van der Waals surface area contributed by atoms with Gasteiger partial charge in [-0.15, -0.1) is 0 Å². The van der Waals surface area contributed by atoms with Crippen molar-refractivity contribution in [3.05, 3.63) is 41.1 Å². The molecule has 5 heteroatoms. The second-order valence-electron chi connectivity index (χ2n) is 6.57. The van der Waals surface area contributed by atoms with Gasteiger partial charge in [0, 0.05) is 22.7 Å². The maximum absolute atomic E-state index is 12.0. The molecule has 0 fully saturated rings. The van der Waals surface area contributed by atoms with Crippen molar-refractivity contribution in [3.8, 4) is 0 Å². The van der Waals surface area contributed by atoms with E-state index in [0.29, 0.717) is 23.5 Å². The molecule has 1 aromatic rings. The maximum atomic E-state index is 12.0. The molecule has 0 heterocycles. The van der Waals surface area contributed by atoms with Crippen molar-refractivity contribution in [3.63, 3.8) is 0 Å². The summed E-state index contributed by atoms with van der Waals surface area (Å²) >= 11 is 0. The zero-order valence-corrected chi connectivity index (χ0v) is 14.6. The number of allylic oxidation sites excluding steroid dienone is 1. The lowest BCUT2D eigenvalue weighted by Gasteiger charge is -2.20. The van der Waals surface area contributed by atoms with Crippen molar-refractivity contribution in [2.24, 2.45) is 10.7 Å². The van der Waals surface area contributed by atoms with E-state index < -0.39 is 5.60 Å². The summed E-state index contributed by atoms with van der Waals surface area (Å²) in [4.78, 5) is 16.5. The highest BCUT2D eigenvalue weighted by Gasteiger charge is 2.19. The summed E-state index contributed by atoms with van der Waals surface area (Å²) in [5, 5.41) is 0. The smallest absolute Gasteiger partial charge is 0.310 e. The summed E-state index contributed by atoms with van der Waals surface area (Å²) in [6.07, 6.45) is 0.117. The van der Waals surface area contributed by atoms with Crippen molar-refractivity contribution in [2.45, 2.75) is 53.2 Å². The van der Waals surface area contributed by atoms with Crippen LogP contribution in [0, 0.1) is 0 Å². The van der Waals surface area contributed by atoms with Gasteiger partial charge in [0.05, 0.1) is 13.0 Å². The molecule has 0 bridgehead atoms. The van der Waals surface area contributed by atoms with Gasteiger partial charge in [0.1, 0.15) is 5.60 Å². The number of nitrogens with zero attached hydrogens (tertiary/aromatic N) is 1. The Bertz CT molecular complexity index is 621. The molecule has 0 aromatic heterocycles. The number of aliphatic imine (C=N–C) groups is 1. The third kappa shape index (κ3) is 7.00. The first kappa shape index (κ1) is 18.7. The Hall–Kier alpha value is -2.30. The largest absolute Gasteiger partial charge is 0.460 e. The summed E-state index contributed by atoms with van der Waals surface area (Å²) in [5.74, 6) is -0.309. The van der Waals surface area contributed by atoms with Crippen molar-refractivity contribution in [1.82, 2.24) is 0 Å². The summed E-state index contributed by atoms with van der Waals surface area (Å²) in [7, 11) is 0. The fourth-order valence-electron chi connectivity index (χ4n) is 2.07. The summed E-state index contributed by atoms with van der Waals surface area (Å²) < 4.78 is 5.35. The highest BCUT2D eigenvalue weighted by Crippen LogP contribution is 2.15. The van der Waals surface area contributed by atoms with Crippen LogP contribution in [0.3, 0.4) is 0 Å². The molecule has 5 nitrogen and oxygen atoms in total. The Morgan fingerprint density at radius 1 is 1.26 bits per heavy atom. The van der Waals surface area contributed by atoms with Gasteiger partial charge in [0.2, 0.25) is 0 Å². The van der Waals surface area contributed by atoms with Gasteiger partial charge >= 0.3 is 5.97 Å². The molecule has 4 N–H and O–H groups in total. The fourth-order valence-corrected chi connectivity index (χ4v) is 2.07. The second kappa shape index (κ2) is 7.81. The molecule has 0 saturated heterocycles. The normalized spacial score (nSPS) is 13.5. The van der Waals surface area contributed by atoms with E-state index in [2.05, 4.69) is 4.99 Å². The summed E-state index contributed by atoms with van der Waals surface area (Å²) in [6, 6.07) is 7.56. The quantitative estimate of drug-likeness (QED) is 0.495. The van der Waals surface area contributed by atoms with E-state index >= 15 is 0 Å². The minimum Gasteiger partial charge on any atom is -0.460 e. The SMILES string of the molecule is CC(=NCc1cccc(N)c1)C(CC(=O)OC(C)(C)C)=C(C)N. The number of nitrogens with two attached hydrogens (primary N) is 2. The minimum absolute atomic E-state index is 0.117. The predicted octanol–water partition coefficient (Wildman–Crippen LogP) is 3.19. The maximum Gasteiger partial charge on any atom is 0.310 e. The number of ether oxygens (including phenoxy) is 1. The van der Waals surface area contributed by atoms with Crippen molar-refractivity contribution < 1.29 is 9.53 Å². The molecule has 126 valence electrons. The van der Waals surface area contributed by atoms with Gasteiger partial charge in [-0.05, 0) is 52.3 Å². The highest BCUT2D eigenvalue weighted by molar-refractivity contribution is 6.02. The van der Waals surface area contributed by atoms with Gasteiger partial charge in [-0.1, -0.05) is 12.1 Å². The predicted molar refractivity (Wildman–Crippen MR) is 95.0 cm³/mol. The molecule has 1 aromatic carbocycles. The standard InChI is InChI=1S/C18H27N3O2/c1-12(19)16(10-17(22)23-18(3,4)5)13(2)21-11-14-7-6-8-15(20)9-14/h6-9H,10-11,19-20H2,1-5H3. The van der Waals surface area contributed by atoms with Gasteiger partial charge in [0.15, 0.2) is 0 Å². The first-order valence-electron chi connectivity index (χ1n) is 7.61. The number of carbonyl (C=O) groups excluding carboxylic acids is 1. The molecule has 1 rings (SSSR count). The van der Waals surface area contributed by atoms with Crippen LogP contribution in [0.4, 0.5) is 5.69 Å². The molecular formula is C18H27N3O2. The first-order chi connectivity index (χ1) is 10.6. The molecular weight excluding hydrogens is 290 g/mol. The van der Waals surface area contributed by atoms with E-state index in [1.54, 1.807) is 6.92 Å². The van der Waals surface area contributed by atoms with Crippen LogP contribution >= 0.6 is 0 Å². The van der Waals surface area contributed by atoms with Crippen LogP contribution in [0.2, 0.25) is 0 Å². The van der Waals surface area contributed by atoms with Gasteiger partial charge in [-0.25, -0.2) is 0 Å². The fraction of sp³-hybridized carbons (Fsp3) is 0.444. The lowest BCUT2D eigenvalue weighted by Crippen LogP contribution is -2.25. The molecule has 0 aliphatic carbocycles. The van der Waals surface area contributed by atoms with Gasteiger partial charge in [-0.2, -0.15) is 0 Å². The van der Waals surface area contributed by atoms with Gasteiger partial charge in [-0.3, -0.25) is 9.79 Å². The zero-order chi connectivity index (χ0) is 17.6. The van der Waals surface area contributed by atoms with Crippen LogP contribution in [-0.4, -0.2) is 17.3 Å². The Labute approximate surface area is 138 Å². The van der Waals surface area contributed by atoms with Crippen molar-refractivity contribution >= 4 is 17.4 Å². The zero-order valence-electron chi connectivity index (χ0n) is 14.6. The molecule has 0 aliphatic rings. The monoisotopic (exact) mass is 317 g/mol.